The van der Waals surface area contributed by atoms with Crippen LogP contribution in [-0.2, 0) is 19.1 Å². The lowest BCUT2D eigenvalue weighted by Crippen LogP contribution is -2.58. The van der Waals surface area contributed by atoms with Crippen LogP contribution in [0.25, 0.3) is 16.9 Å². The molecule has 0 unspecified atom stereocenters. The monoisotopic (exact) mass is 912 g/mol. The minimum atomic E-state index is -1.22. The van der Waals surface area contributed by atoms with E-state index < -0.39 is 11.4 Å². The highest BCUT2D eigenvalue weighted by Gasteiger charge is 2.38. The van der Waals surface area contributed by atoms with Gasteiger partial charge in [-0.15, -0.1) is 0 Å². The molecule has 14 nitrogen and oxygen atoms in total. The van der Waals surface area contributed by atoms with Gasteiger partial charge in [-0.05, 0) is 106 Å². The molecule has 0 atom stereocenters. The number of unbranched alkanes of at least 4 members (excludes halogenated alkanes) is 1. The minimum absolute atomic E-state index is 0.0523. The fraction of sp³-hybridized carbons (Fsp3) is 0.395. The fourth-order valence-electron chi connectivity index (χ4n) is 6.21. The van der Waals surface area contributed by atoms with Crippen molar-refractivity contribution >= 4 is 70.4 Å². The number of carbonyl (C=O) groups excluding carboxylic acids is 4. The molecule has 0 aliphatic heterocycles. The standard InChI is InChI=1S/C43H51Cl3N8O6S/c1-4-43(5-2,51-41(57)38-29(3)39(30-9-13-32(44)14-10-30)54(52-38)36-18-15-33(45)28-35(36)46)42(58)50-22-25-60-27-26-59-24-21-49-40(56)31-11-16-34(17-12-31)61-53(23-20-48)37(55)8-6-7-19-47/h9-18,28H,4-8,19,21-27,47H2,1-3H3,(H,49,56)(H,50,58)(H,51,57). The molecular formula is C43H51Cl3N8O6S. The lowest BCUT2D eigenvalue weighted by atomic mass is 9.91. The van der Waals surface area contributed by atoms with Crippen LogP contribution in [0.5, 0.6) is 0 Å². The van der Waals surface area contributed by atoms with Gasteiger partial charge < -0.3 is 31.2 Å². The van der Waals surface area contributed by atoms with Gasteiger partial charge in [0, 0.05) is 51.1 Å². The van der Waals surface area contributed by atoms with Gasteiger partial charge in [-0.1, -0.05) is 60.8 Å². The summed E-state index contributed by atoms with van der Waals surface area (Å²) in [5.41, 5.74) is 7.35. The van der Waals surface area contributed by atoms with Crippen molar-refractivity contribution in [3.63, 3.8) is 0 Å². The number of hydrogen-bond acceptors (Lipinski definition) is 10. The molecule has 5 N–H and O–H groups in total. The van der Waals surface area contributed by atoms with Gasteiger partial charge in [-0.3, -0.25) is 23.5 Å². The number of amides is 4. The van der Waals surface area contributed by atoms with Crippen LogP contribution in [0.3, 0.4) is 0 Å². The highest BCUT2D eigenvalue weighted by atomic mass is 35.5. The lowest BCUT2D eigenvalue weighted by molar-refractivity contribution is -0.128. The van der Waals surface area contributed by atoms with Crippen LogP contribution in [0.2, 0.25) is 15.1 Å². The molecule has 4 rings (SSSR count). The summed E-state index contributed by atoms with van der Waals surface area (Å²) in [6.45, 7) is 7.39. The Balaban J connectivity index is 1.21. The maximum atomic E-state index is 13.9. The Labute approximate surface area is 375 Å². The molecule has 0 aliphatic rings. The topological polar surface area (TPSA) is 194 Å². The summed E-state index contributed by atoms with van der Waals surface area (Å²) in [5.74, 6) is -1.29. The van der Waals surface area contributed by atoms with Crippen LogP contribution in [0.15, 0.2) is 71.6 Å². The lowest BCUT2D eigenvalue weighted by Gasteiger charge is -2.31. The van der Waals surface area contributed by atoms with E-state index in [1.807, 2.05) is 32.0 Å². The number of aromatic nitrogens is 2. The molecule has 4 amide bonds. The normalized spacial score (nSPS) is 11.2. The summed E-state index contributed by atoms with van der Waals surface area (Å²) in [4.78, 5) is 53.3. The van der Waals surface area contributed by atoms with E-state index in [9.17, 15) is 19.2 Å². The number of halogens is 3. The maximum absolute atomic E-state index is 13.9. The predicted molar refractivity (Wildman–Crippen MR) is 239 cm³/mol. The summed E-state index contributed by atoms with van der Waals surface area (Å²) >= 11 is 20.1. The number of hydrogen-bond donors (Lipinski definition) is 4. The van der Waals surface area contributed by atoms with Gasteiger partial charge in [0.15, 0.2) is 5.69 Å². The summed E-state index contributed by atoms with van der Waals surface area (Å²) in [5, 5.41) is 23.8. The minimum Gasteiger partial charge on any atom is -0.377 e. The van der Waals surface area contributed by atoms with Crippen molar-refractivity contribution in [1.82, 2.24) is 30.0 Å². The van der Waals surface area contributed by atoms with Crippen LogP contribution in [-0.4, -0.2) is 95.9 Å². The van der Waals surface area contributed by atoms with Crippen molar-refractivity contribution in [3.05, 3.63) is 98.6 Å². The first kappa shape index (κ1) is 49.0. The number of nitrogens with one attached hydrogen (secondary N) is 3. The van der Waals surface area contributed by atoms with Gasteiger partial charge in [0.1, 0.15) is 12.1 Å². The van der Waals surface area contributed by atoms with Crippen molar-refractivity contribution in [2.75, 3.05) is 52.6 Å². The van der Waals surface area contributed by atoms with Gasteiger partial charge in [0.2, 0.25) is 11.8 Å². The van der Waals surface area contributed by atoms with Crippen molar-refractivity contribution in [2.45, 2.75) is 63.3 Å². The van der Waals surface area contributed by atoms with Crippen LogP contribution < -0.4 is 21.7 Å². The quantitative estimate of drug-likeness (QED) is 0.0318. The summed E-state index contributed by atoms with van der Waals surface area (Å²) in [6.07, 6.45) is 2.36. The molecule has 0 saturated carbocycles. The first-order valence-electron chi connectivity index (χ1n) is 19.9. The number of ether oxygens (including phenoxy) is 2. The van der Waals surface area contributed by atoms with E-state index in [0.29, 0.717) is 69.8 Å². The highest BCUT2D eigenvalue weighted by molar-refractivity contribution is 7.97. The molecule has 0 aliphatic carbocycles. The van der Waals surface area contributed by atoms with Crippen LogP contribution in [0, 0.1) is 18.3 Å². The second-order valence-corrected chi connectivity index (χ2v) is 16.1. The van der Waals surface area contributed by atoms with Gasteiger partial charge in [-0.2, -0.15) is 10.4 Å². The largest absolute Gasteiger partial charge is 0.377 e. The molecule has 61 heavy (non-hydrogen) atoms. The molecule has 0 saturated heterocycles. The second kappa shape index (κ2) is 24.7. The van der Waals surface area contributed by atoms with E-state index >= 15 is 0 Å². The number of carbonyl (C=O) groups is 4. The summed E-state index contributed by atoms with van der Waals surface area (Å²) in [6, 6.07) is 20.9. The molecule has 1 aromatic heterocycles. The molecule has 3 aromatic carbocycles. The smallest absolute Gasteiger partial charge is 0.272 e. The zero-order valence-corrected chi connectivity index (χ0v) is 37.5. The summed E-state index contributed by atoms with van der Waals surface area (Å²) in [7, 11) is 0. The predicted octanol–water partition coefficient (Wildman–Crippen LogP) is 7.16. The molecule has 18 heteroatoms. The number of nitriles is 1. The SMILES string of the molecule is CCC(CC)(NC(=O)c1nn(-c2ccc(Cl)cc2Cl)c(-c2ccc(Cl)cc2)c1C)C(=O)NCCOCCOCCNC(=O)c1ccc(SN(CC#N)C(=O)CCCCN)cc1. The average molecular weight is 914 g/mol. The highest BCUT2D eigenvalue weighted by Crippen LogP contribution is 2.34. The Morgan fingerprint density at radius 1 is 0.869 bits per heavy atom. The van der Waals surface area contributed by atoms with E-state index in [1.54, 1.807) is 66.2 Å². The third-order valence-corrected chi connectivity index (χ3v) is 11.5. The van der Waals surface area contributed by atoms with Crippen molar-refractivity contribution < 1.29 is 28.7 Å². The Kier molecular flexibility index (Phi) is 19.8. The molecule has 4 aromatic rings. The molecule has 1 heterocycles. The Hall–Kier alpha value is -4.66. The van der Waals surface area contributed by atoms with Crippen molar-refractivity contribution in [1.29, 1.82) is 5.26 Å². The van der Waals surface area contributed by atoms with Gasteiger partial charge in [0.25, 0.3) is 11.8 Å². The first-order chi connectivity index (χ1) is 29.4. The molecule has 326 valence electrons. The van der Waals surface area contributed by atoms with Crippen LogP contribution in [0.1, 0.15) is 72.4 Å². The first-order valence-corrected chi connectivity index (χ1v) is 21.8. The van der Waals surface area contributed by atoms with E-state index in [-0.39, 0.29) is 69.5 Å². The van der Waals surface area contributed by atoms with Gasteiger partial charge in [0.05, 0.1) is 48.9 Å². The van der Waals surface area contributed by atoms with Crippen LogP contribution in [0.4, 0.5) is 0 Å². The molecular weight excluding hydrogens is 863 g/mol. The Morgan fingerprint density at radius 3 is 2.11 bits per heavy atom. The number of nitrogens with zero attached hydrogens (tertiary/aromatic N) is 4. The van der Waals surface area contributed by atoms with E-state index in [4.69, 9.17) is 60.4 Å². The number of benzene rings is 3. The second-order valence-electron chi connectivity index (χ2n) is 13.8. The van der Waals surface area contributed by atoms with E-state index in [0.717, 1.165) is 28.8 Å². The van der Waals surface area contributed by atoms with E-state index in [1.165, 1.54) is 4.31 Å². The zero-order valence-electron chi connectivity index (χ0n) is 34.4. The maximum Gasteiger partial charge on any atom is 0.272 e. The third-order valence-electron chi connectivity index (χ3n) is 9.69. The molecule has 0 bridgehead atoms. The number of nitrogens with two attached hydrogens (primary N) is 1. The third kappa shape index (κ3) is 13.9. The Morgan fingerprint density at radius 2 is 1.51 bits per heavy atom. The van der Waals surface area contributed by atoms with Gasteiger partial charge >= 0.3 is 0 Å². The van der Waals surface area contributed by atoms with Crippen LogP contribution >= 0.6 is 46.8 Å². The molecule has 0 radical (unpaired) electrons. The zero-order chi connectivity index (χ0) is 44.4. The van der Waals surface area contributed by atoms with Gasteiger partial charge in [-0.25, -0.2) is 4.68 Å². The molecule has 0 spiro atoms. The average Bonchev–Trinajstić information content (AvgIpc) is 3.59. The van der Waals surface area contributed by atoms with Crippen molar-refractivity contribution in [3.8, 4) is 23.0 Å². The Bertz CT molecular complexity index is 2140. The van der Waals surface area contributed by atoms with Crippen molar-refractivity contribution in [2.24, 2.45) is 5.73 Å². The van der Waals surface area contributed by atoms with E-state index in [2.05, 4.69) is 16.0 Å². The fourth-order valence-corrected chi connectivity index (χ4v) is 7.65. The summed E-state index contributed by atoms with van der Waals surface area (Å²) < 4.78 is 14.2. The molecule has 0 fully saturated rings. The number of rotatable bonds is 24.